The number of unbranched alkanes of at least 4 members (excludes halogenated alkanes) is 1. The number of allylic oxidation sites excluding steroid dienone is 1. The Kier molecular flexibility index (Phi) is 2.87. The standard InChI is InChI=1S/C13H16O/c1-2-3-4-8-12-10-11-7-5-6-9-13(11)14-12/h2,5-7,9,12H,1,3-4,8,10H2. The van der Waals surface area contributed by atoms with E-state index in [-0.39, 0.29) is 0 Å². The molecule has 1 aromatic rings. The van der Waals surface area contributed by atoms with Gasteiger partial charge in [0.05, 0.1) is 0 Å². The average Bonchev–Trinajstić information content (AvgIpc) is 2.60. The zero-order chi connectivity index (χ0) is 9.80. The maximum absolute atomic E-state index is 5.82. The van der Waals surface area contributed by atoms with Gasteiger partial charge in [-0.05, 0) is 30.9 Å². The molecular formula is C13H16O. The molecule has 14 heavy (non-hydrogen) atoms. The van der Waals surface area contributed by atoms with E-state index in [0.29, 0.717) is 6.10 Å². The third kappa shape index (κ3) is 1.98. The molecule has 0 amide bonds. The van der Waals surface area contributed by atoms with Crippen molar-refractivity contribution >= 4 is 0 Å². The molecule has 0 fully saturated rings. The van der Waals surface area contributed by atoms with E-state index in [4.69, 9.17) is 4.74 Å². The second-order valence-corrected chi connectivity index (χ2v) is 3.77. The van der Waals surface area contributed by atoms with Crippen LogP contribution < -0.4 is 4.74 Å². The molecule has 1 unspecified atom stereocenters. The van der Waals surface area contributed by atoms with Crippen LogP contribution in [0.15, 0.2) is 36.9 Å². The molecule has 0 saturated carbocycles. The normalized spacial score (nSPS) is 18.7. The number of hydrogen-bond acceptors (Lipinski definition) is 1. The number of rotatable bonds is 4. The summed E-state index contributed by atoms with van der Waals surface area (Å²) in [6, 6.07) is 8.32. The Labute approximate surface area is 85.4 Å². The monoisotopic (exact) mass is 188 g/mol. The third-order valence-electron chi connectivity index (χ3n) is 2.65. The van der Waals surface area contributed by atoms with Crippen molar-refractivity contribution in [3.63, 3.8) is 0 Å². The Morgan fingerprint density at radius 1 is 1.43 bits per heavy atom. The van der Waals surface area contributed by atoms with E-state index in [2.05, 4.69) is 24.8 Å². The highest BCUT2D eigenvalue weighted by Crippen LogP contribution is 2.29. The first-order valence-corrected chi connectivity index (χ1v) is 5.25. The summed E-state index contributed by atoms with van der Waals surface area (Å²) in [5, 5.41) is 0. The van der Waals surface area contributed by atoms with Gasteiger partial charge in [-0.15, -0.1) is 6.58 Å². The van der Waals surface area contributed by atoms with E-state index in [1.165, 1.54) is 12.0 Å². The van der Waals surface area contributed by atoms with E-state index < -0.39 is 0 Å². The lowest BCUT2D eigenvalue weighted by atomic mass is 10.1. The summed E-state index contributed by atoms with van der Waals surface area (Å²) in [5.41, 5.74) is 1.36. The first kappa shape index (κ1) is 9.32. The van der Waals surface area contributed by atoms with Crippen molar-refractivity contribution < 1.29 is 4.74 Å². The summed E-state index contributed by atoms with van der Waals surface area (Å²) in [4.78, 5) is 0. The topological polar surface area (TPSA) is 9.23 Å². The van der Waals surface area contributed by atoms with E-state index in [9.17, 15) is 0 Å². The zero-order valence-electron chi connectivity index (χ0n) is 8.41. The first-order chi connectivity index (χ1) is 6.90. The van der Waals surface area contributed by atoms with Crippen molar-refractivity contribution in [2.24, 2.45) is 0 Å². The second kappa shape index (κ2) is 4.32. The molecule has 0 N–H and O–H groups in total. The van der Waals surface area contributed by atoms with Gasteiger partial charge in [-0.3, -0.25) is 0 Å². The van der Waals surface area contributed by atoms with Crippen LogP contribution in [0.5, 0.6) is 5.75 Å². The first-order valence-electron chi connectivity index (χ1n) is 5.25. The Hall–Kier alpha value is -1.24. The van der Waals surface area contributed by atoms with Gasteiger partial charge in [0.15, 0.2) is 0 Å². The molecule has 74 valence electrons. The van der Waals surface area contributed by atoms with Crippen molar-refractivity contribution in [3.8, 4) is 5.75 Å². The van der Waals surface area contributed by atoms with E-state index in [1.807, 2.05) is 12.1 Å². The number of para-hydroxylation sites is 1. The third-order valence-corrected chi connectivity index (χ3v) is 2.65. The Morgan fingerprint density at radius 3 is 3.07 bits per heavy atom. The molecule has 0 radical (unpaired) electrons. The molecular weight excluding hydrogens is 172 g/mol. The summed E-state index contributed by atoms with van der Waals surface area (Å²) in [7, 11) is 0. The van der Waals surface area contributed by atoms with Crippen LogP contribution in [0.2, 0.25) is 0 Å². The van der Waals surface area contributed by atoms with Crippen molar-refractivity contribution in [3.05, 3.63) is 42.5 Å². The van der Waals surface area contributed by atoms with Gasteiger partial charge in [0, 0.05) is 6.42 Å². The molecule has 1 nitrogen and oxygen atoms in total. The largest absolute Gasteiger partial charge is 0.490 e. The smallest absolute Gasteiger partial charge is 0.123 e. The highest BCUT2D eigenvalue weighted by molar-refractivity contribution is 5.37. The van der Waals surface area contributed by atoms with Crippen molar-refractivity contribution in [1.82, 2.24) is 0 Å². The SMILES string of the molecule is C=CCCCC1Cc2ccccc2O1. The quantitative estimate of drug-likeness (QED) is 0.520. The molecule has 1 aromatic carbocycles. The van der Waals surface area contributed by atoms with Crippen molar-refractivity contribution in [2.45, 2.75) is 31.8 Å². The van der Waals surface area contributed by atoms with Gasteiger partial charge >= 0.3 is 0 Å². The fraction of sp³-hybridized carbons (Fsp3) is 0.385. The van der Waals surface area contributed by atoms with E-state index >= 15 is 0 Å². The van der Waals surface area contributed by atoms with Crippen molar-refractivity contribution in [1.29, 1.82) is 0 Å². The average molecular weight is 188 g/mol. The van der Waals surface area contributed by atoms with Crippen LogP contribution in [0.4, 0.5) is 0 Å². The fourth-order valence-corrected chi connectivity index (χ4v) is 1.90. The molecule has 1 heterocycles. The summed E-state index contributed by atoms with van der Waals surface area (Å²) >= 11 is 0. The zero-order valence-corrected chi connectivity index (χ0v) is 8.41. The van der Waals surface area contributed by atoms with Crippen LogP contribution in [0.3, 0.4) is 0 Å². The van der Waals surface area contributed by atoms with E-state index in [1.54, 1.807) is 0 Å². The Morgan fingerprint density at radius 2 is 2.29 bits per heavy atom. The predicted molar refractivity (Wildman–Crippen MR) is 58.6 cm³/mol. The molecule has 2 rings (SSSR count). The van der Waals surface area contributed by atoms with Crippen LogP contribution in [-0.4, -0.2) is 6.10 Å². The summed E-state index contributed by atoms with van der Waals surface area (Å²) in [5.74, 6) is 1.08. The van der Waals surface area contributed by atoms with Gasteiger partial charge in [-0.1, -0.05) is 24.3 Å². The number of ether oxygens (including phenoxy) is 1. The van der Waals surface area contributed by atoms with Crippen molar-refractivity contribution in [2.75, 3.05) is 0 Å². The number of benzene rings is 1. The molecule has 1 aliphatic rings. The van der Waals surface area contributed by atoms with Crippen LogP contribution in [0.25, 0.3) is 0 Å². The lowest BCUT2D eigenvalue weighted by Gasteiger charge is -2.08. The lowest BCUT2D eigenvalue weighted by Crippen LogP contribution is -2.12. The molecule has 1 atom stereocenters. The lowest BCUT2D eigenvalue weighted by molar-refractivity contribution is 0.218. The minimum Gasteiger partial charge on any atom is -0.490 e. The van der Waals surface area contributed by atoms with E-state index in [0.717, 1.165) is 25.0 Å². The van der Waals surface area contributed by atoms with Crippen LogP contribution in [0.1, 0.15) is 24.8 Å². The molecule has 0 aromatic heterocycles. The molecule has 0 aliphatic carbocycles. The maximum Gasteiger partial charge on any atom is 0.123 e. The Bertz CT molecular complexity index is 292. The van der Waals surface area contributed by atoms with Gasteiger partial charge in [0.2, 0.25) is 0 Å². The van der Waals surface area contributed by atoms with Gasteiger partial charge < -0.3 is 4.74 Å². The Balaban J connectivity index is 1.88. The molecule has 0 saturated heterocycles. The maximum atomic E-state index is 5.82. The van der Waals surface area contributed by atoms with Gasteiger partial charge in [-0.25, -0.2) is 0 Å². The summed E-state index contributed by atoms with van der Waals surface area (Å²) in [6.07, 6.45) is 6.86. The van der Waals surface area contributed by atoms with Crippen LogP contribution >= 0.6 is 0 Å². The molecule has 0 spiro atoms. The highest BCUT2D eigenvalue weighted by atomic mass is 16.5. The number of hydrogen-bond donors (Lipinski definition) is 0. The summed E-state index contributed by atoms with van der Waals surface area (Å²) in [6.45, 7) is 3.72. The molecule has 1 aliphatic heterocycles. The van der Waals surface area contributed by atoms with Gasteiger partial charge in [-0.2, -0.15) is 0 Å². The minimum absolute atomic E-state index is 0.396. The minimum atomic E-state index is 0.396. The second-order valence-electron chi connectivity index (χ2n) is 3.77. The predicted octanol–water partition coefficient (Wildman–Crippen LogP) is 3.35. The van der Waals surface area contributed by atoms with Gasteiger partial charge in [0.25, 0.3) is 0 Å². The highest BCUT2D eigenvalue weighted by Gasteiger charge is 2.21. The summed E-state index contributed by atoms with van der Waals surface area (Å²) < 4.78 is 5.82. The van der Waals surface area contributed by atoms with Crippen LogP contribution in [-0.2, 0) is 6.42 Å². The molecule has 0 bridgehead atoms. The van der Waals surface area contributed by atoms with Gasteiger partial charge in [0.1, 0.15) is 11.9 Å². The fourth-order valence-electron chi connectivity index (χ4n) is 1.90. The molecule has 1 heteroatoms. The number of fused-ring (bicyclic) bond motifs is 1. The van der Waals surface area contributed by atoms with Crippen LogP contribution in [0, 0.1) is 0 Å².